The number of nitrogens with zero attached hydrogens (tertiary/aromatic N) is 2. The number of hydrogen-bond acceptors (Lipinski definition) is 5. The third-order valence-electron chi connectivity index (χ3n) is 5.02. The molecule has 2 aromatic carbocycles. The number of carbonyl (C=O) groups is 3. The number of pyridine rings is 1. The number of rotatable bonds is 7. The van der Waals surface area contributed by atoms with Crippen LogP contribution in [0, 0.1) is 0 Å². The second-order valence-electron chi connectivity index (χ2n) is 7.48. The number of ether oxygens (including phenoxy) is 1. The molecule has 0 saturated carbocycles. The molecule has 1 unspecified atom stereocenters. The van der Waals surface area contributed by atoms with Gasteiger partial charge in [0.15, 0.2) is 0 Å². The van der Waals surface area contributed by atoms with E-state index in [0.717, 1.165) is 11.3 Å². The van der Waals surface area contributed by atoms with Crippen molar-refractivity contribution in [3.05, 3.63) is 90.3 Å². The maximum absolute atomic E-state index is 12.8. The van der Waals surface area contributed by atoms with Gasteiger partial charge in [-0.1, -0.05) is 42.5 Å². The van der Waals surface area contributed by atoms with Crippen LogP contribution < -0.4 is 10.1 Å². The fraction of sp³-hybridized carbons (Fsp3) is 0.120. The van der Waals surface area contributed by atoms with Gasteiger partial charge < -0.3 is 19.6 Å². The summed E-state index contributed by atoms with van der Waals surface area (Å²) in [6.07, 6.45) is 3.66. The molecule has 0 spiro atoms. The number of imidazole rings is 1. The summed E-state index contributed by atoms with van der Waals surface area (Å²) in [7, 11) is 0. The maximum Gasteiger partial charge on any atom is 0.326 e. The molecular weight excluding hydrogens is 422 g/mol. The second kappa shape index (κ2) is 9.35. The highest BCUT2D eigenvalue weighted by Gasteiger charge is 2.22. The zero-order valence-corrected chi connectivity index (χ0v) is 17.8. The van der Waals surface area contributed by atoms with Gasteiger partial charge in [-0.3, -0.25) is 9.59 Å². The van der Waals surface area contributed by atoms with Crippen LogP contribution in [0.25, 0.3) is 16.9 Å². The van der Waals surface area contributed by atoms with Crippen LogP contribution in [0.2, 0.25) is 0 Å². The van der Waals surface area contributed by atoms with E-state index in [9.17, 15) is 19.5 Å². The maximum atomic E-state index is 12.8. The fourth-order valence-electron chi connectivity index (χ4n) is 3.41. The van der Waals surface area contributed by atoms with Crippen LogP contribution >= 0.6 is 0 Å². The normalized spacial score (nSPS) is 11.7. The zero-order chi connectivity index (χ0) is 23.4. The first-order chi connectivity index (χ1) is 15.9. The Bertz CT molecular complexity index is 1310. The molecule has 0 aliphatic carbocycles. The predicted molar refractivity (Wildman–Crippen MR) is 121 cm³/mol. The van der Waals surface area contributed by atoms with E-state index in [2.05, 4.69) is 10.3 Å². The first-order valence-electron chi connectivity index (χ1n) is 10.2. The first-order valence-corrected chi connectivity index (χ1v) is 10.2. The van der Waals surface area contributed by atoms with Crippen molar-refractivity contribution in [2.75, 3.05) is 0 Å². The Morgan fingerprint density at radius 2 is 1.79 bits per heavy atom. The summed E-state index contributed by atoms with van der Waals surface area (Å²) in [4.78, 5) is 40.1. The van der Waals surface area contributed by atoms with Gasteiger partial charge in [-0.2, -0.15) is 0 Å². The molecule has 2 aromatic heterocycles. The van der Waals surface area contributed by atoms with E-state index >= 15 is 0 Å². The van der Waals surface area contributed by atoms with E-state index in [1.165, 1.54) is 6.92 Å². The second-order valence-corrected chi connectivity index (χ2v) is 7.48. The van der Waals surface area contributed by atoms with Gasteiger partial charge in [0.2, 0.25) is 0 Å². The van der Waals surface area contributed by atoms with Crippen molar-refractivity contribution in [3.63, 3.8) is 0 Å². The molecule has 33 heavy (non-hydrogen) atoms. The van der Waals surface area contributed by atoms with Crippen LogP contribution in [-0.2, 0) is 16.0 Å². The molecule has 0 fully saturated rings. The minimum Gasteiger partial charge on any atom is -0.480 e. The molecule has 4 rings (SSSR count). The minimum atomic E-state index is -1.15. The van der Waals surface area contributed by atoms with Gasteiger partial charge >= 0.3 is 11.9 Å². The van der Waals surface area contributed by atoms with E-state index in [-0.39, 0.29) is 6.42 Å². The Hall–Kier alpha value is -4.46. The largest absolute Gasteiger partial charge is 0.480 e. The average molecular weight is 443 g/mol. The van der Waals surface area contributed by atoms with Crippen LogP contribution in [0.3, 0.4) is 0 Å². The van der Waals surface area contributed by atoms with Gasteiger partial charge in [0.1, 0.15) is 17.4 Å². The predicted octanol–water partition coefficient (Wildman–Crippen LogP) is 3.35. The number of carboxylic acids is 1. The van der Waals surface area contributed by atoms with Crippen LogP contribution in [0.1, 0.15) is 22.8 Å². The number of benzene rings is 2. The van der Waals surface area contributed by atoms with Gasteiger partial charge in [-0.05, 0) is 29.8 Å². The number of carboxylic acid groups (broad SMARTS) is 1. The smallest absolute Gasteiger partial charge is 0.326 e. The van der Waals surface area contributed by atoms with Gasteiger partial charge in [0, 0.05) is 36.9 Å². The Morgan fingerprint density at radius 3 is 2.45 bits per heavy atom. The van der Waals surface area contributed by atoms with E-state index < -0.39 is 23.9 Å². The number of nitrogens with one attached hydrogen (secondary N) is 1. The van der Waals surface area contributed by atoms with Crippen molar-refractivity contribution in [1.82, 2.24) is 14.7 Å². The summed E-state index contributed by atoms with van der Waals surface area (Å²) >= 11 is 0. The number of carbonyl (C=O) groups excluding carboxylic acids is 2. The fourth-order valence-corrected chi connectivity index (χ4v) is 3.41. The van der Waals surface area contributed by atoms with Crippen molar-refractivity contribution < 1.29 is 24.2 Å². The molecule has 2 heterocycles. The number of hydrogen-bond donors (Lipinski definition) is 2. The SMILES string of the molecule is CC(=O)Oc1ccc(CC(NC(=O)c2ccn3cc(-c4ccccc4)nc3c2)C(=O)O)cc1. The van der Waals surface area contributed by atoms with Gasteiger partial charge in [0.05, 0.1) is 5.69 Å². The zero-order valence-electron chi connectivity index (χ0n) is 17.8. The van der Waals surface area contributed by atoms with Crippen LogP contribution in [0.4, 0.5) is 0 Å². The van der Waals surface area contributed by atoms with Gasteiger partial charge in [0.25, 0.3) is 5.91 Å². The molecule has 0 bridgehead atoms. The van der Waals surface area contributed by atoms with Crippen molar-refractivity contribution in [3.8, 4) is 17.0 Å². The lowest BCUT2D eigenvalue weighted by atomic mass is 10.1. The standard InChI is InChI=1S/C25H21N3O5/c1-16(29)33-20-9-7-17(8-10-20)13-21(25(31)32)27-24(30)19-11-12-28-15-22(26-23(28)14-19)18-5-3-2-4-6-18/h2-12,14-15,21H,13H2,1H3,(H,27,30)(H,31,32). The minimum absolute atomic E-state index is 0.0746. The summed E-state index contributed by atoms with van der Waals surface area (Å²) < 4.78 is 6.78. The molecule has 0 aliphatic rings. The van der Waals surface area contributed by atoms with Crippen LogP contribution in [0.15, 0.2) is 79.1 Å². The monoisotopic (exact) mass is 443 g/mol. The topological polar surface area (TPSA) is 110 Å². The van der Waals surface area contributed by atoms with Gasteiger partial charge in [-0.25, -0.2) is 9.78 Å². The lowest BCUT2D eigenvalue weighted by molar-refractivity contribution is -0.139. The summed E-state index contributed by atoms with van der Waals surface area (Å²) in [5, 5.41) is 12.2. The van der Waals surface area contributed by atoms with E-state index in [1.807, 2.05) is 36.5 Å². The average Bonchev–Trinajstić information content (AvgIpc) is 3.23. The number of aromatic nitrogens is 2. The third kappa shape index (κ3) is 5.24. The quantitative estimate of drug-likeness (QED) is 0.335. The third-order valence-corrected chi connectivity index (χ3v) is 5.02. The number of esters is 1. The Balaban J connectivity index is 1.49. The van der Waals surface area contributed by atoms with E-state index in [4.69, 9.17) is 4.74 Å². The Kier molecular flexibility index (Phi) is 6.17. The van der Waals surface area contributed by atoms with Crippen molar-refractivity contribution in [2.45, 2.75) is 19.4 Å². The molecule has 0 radical (unpaired) electrons. The molecule has 1 atom stereocenters. The number of amides is 1. The highest BCUT2D eigenvalue weighted by Crippen LogP contribution is 2.19. The Morgan fingerprint density at radius 1 is 1.06 bits per heavy atom. The molecular formula is C25H21N3O5. The molecule has 2 N–H and O–H groups in total. The molecule has 166 valence electrons. The lowest BCUT2D eigenvalue weighted by Gasteiger charge is -2.15. The number of aliphatic carboxylic acids is 1. The lowest BCUT2D eigenvalue weighted by Crippen LogP contribution is -2.42. The first kappa shape index (κ1) is 21.8. The van der Waals surface area contributed by atoms with E-state index in [0.29, 0.717) is 22.5 Å². The summed E-state index contributed by atoms with van der Waals surface area (Å²) in [5.74, 6) is -1.74. The molecule has 8 heteroatoms. The molecule has 8 nitrogen and oxygen atoms in total. The van der Waals surface area contributed by atoms with Crippen molar-refractivity contribution in [2.24, 2.45) is 0 Å². The van der Waals surface area contributed by atoms with Gasteiger partial charge in [-0.15, -0.1) is 0 Å². The molecule has 0 aliphatic heterocycles. The Labute approximate surface area is 189 Å². The van der Waals surface area contributed by atoms with Crippen molar-refractivity contribution >= 4 is 23.5 Å². The van der Waals surface area contributed by atoms with Crippen LogP contribution in [0.5, 0.6) is 5.75 Å². The number of fused-ring (bicyclic) bond motifs is 1. The van der Waals surface area contributed by atoms with Crippen molar-refractivity contribution in [1.29, 1.82) is 0 Å². The summed E-state index contributed by atoms with van der Waals surface area (Å²) in [6.45, 7) is 1.30. The molecule has 4 aromatic rings. The summed E-state index contributed by atoms with van der Waals surface area (Å²) in [5.41, 5.74) is 3.29. The van der Waals surface area contributed by atoms with Crippen LogP contribution in [-0.4, -0.2) is 38.4 Å². The highest BCUT2D eigenvalue weighted by atomic mass is 16.5. The highest BCUT2D eigenvalue weighted by molar-refractivity contribution is 5.97. The molecule has 0 saturated heterocycles. The van der Waals surface area contributed by atoms with E-state index in [1.54, 1.807) is 47.0 Å². The summed E-state index contributed by atoms with van der Waals surface area (Å²) in [6, 6.07) is 18.2. The molecule has 1 amide bonds.